The Kier molecular flexibility index (Phi) is 5.19. The van der Waals surface area contributed by atoms with E-state index >= 15 is 0 Å². The zero-order valence-corrected chi connectivity index (χ0v) is 14.4. The van der Waals surface area contributed by atoms with Crippen LogP contribution in [-0.4, -0.2) is 14.1 Å². The fourth-order valence-corrected chi connectivity index (χ4v) is 2.82. The van der Waals surface area contributed by atoms with Crippen molar-refractivity contribution in [3.05, 3.63) is 56.5 Å². The Labute approximate surface area is 137 Å². The van der Waals surface area contributed by atoms with E-state index in [4.69, 9.17) is 23.2 Å². The number of hydrogen-bond donors (Lipinski definition) is 1. The third-order valence-electron chi connectivity index (χ3n) is 2.96. The zero-order valence-electron chi connectivity index (χ0n) is 11.3. The second-order valence-electron chi connectivity index (χ2n) is 4.61. The molecule has 0 bridgehead atoms. The second-order valence-corrected chi connectivity index (χ2v) is 6.34. The number of anilines is 2. The molecule has 20 heavy (non-hydrogen) atoms. The summed E-state index contributed by atoms with van der Waals surface area (Å²) < 4.78 is 1.02. The lowest BCUT2D eigenvalue weighted by molar-refractivity contribution is 1.10. The maximum absolute atomic E-state index is 6.19. The Morgan fingerprint density at radius 1 is 1.10 bits per heavy atom. The van der Waals surface area contributed by atoms with Gasteiger partial charge in [-0.05, 0) is 30.3 Å². The molecule has 0 atom stereocenters. The average Bonchev–Trinajstić information content (AvgIpc) is 2.37. The van der Waals surface area contributed by atoms with Crippen LogP contribution in [0.4, 0.5) is 11.4 Å². The minimum Gasteiger partial charge on any atom is -0.379 e. The van der Waals surface area contributed by atoms with E-state index in [1.165, 1.54) is 0 Å². The van der Waals surface area contributed by atoms with Crippen LogP contribution >= 0.6 is 39.1 Å². The smallest absolute Gasteiger partial charge is 0.0597 e. The minimum atomic E-state index is 0.579. The van der Waals surface area contributed by atoms with E-state index in [2.05, 4.69) is 32.2 Å². The van der Waals surface area contributed by atoms with Crippen molar-refractivity contribution in [1.29, 1.82) is 0 Å². The molecular weight excluding hydrogens is 359 g/mol. The molecule has 0 aliphatic rings. The van der Waals surface area contributed by atoms with Crippen LogP contribution in [0.3, 0.4) is 0 Å². The summed E-state index contributed by atoms with van der Waals surface area (Å²) in [5, 5.41) is 4.74. The van der Waals surface area contributed by atoms with Gasteiger partial charge in [-0.3, -0.25) is 0 Å². The van der Waals surface area contributed by atoms with Crippen molar-refractivity contribution in [3.8, 4) is 0 Å². The standard InChI is InChI=1S/C15H15BrCl2N2/c1-20(2)15-7-6-10(16)8-14(15)19-9-11-12(17)4-3-5-13(11)18/h3-8,19H,9H2,1-2H3. The van der Waals surface area contributed by atoms with Gasteiger partial charge in [0.2, 0.25) is 0 Å². The molecule has 0 unspecified atom stereocenters. The fourth-order valence-electron chi connectivity index (χ4n) is 1.92. The van der Waals surface area contributed by atoms with Crippen molar-refractivity contribution in [2.24, 2.45) is 0 Å². The van der Waals surface area contributed by atoms with Gasteiger partial charge in [0.1, 0.15) is 0 Å². The minimum absolute atomic E-state index is 0.579. The molecule has 0 saturated carbocycles. The third-order valence-corrected chi connectivity index (χ3v) is 4.16. The van der Waals surface area contributed by atoms with Gasteiger partial charge >= 0.3 is 0 Å². The van der Waals surface area contributed by atoms with E-state index in [1.807, 2.05) is 44.4 Å². The van der Waals surface area contributed by atoms with E-state index in [1.54, 1.807) is 0 Å². The lowest BCUT2D eigenvalue weighted by Gasteiger charge is -2.19. The van der Waals surface area contributed by atoms with Crippen LogP contribution in [0.15, 0.2) is 40.9 Å². The SMILES string of the molecule is CN(C)c1ccc(Br)cc1NCc1c(Cl)cccc1Cl. The molecule has 5 heteroatoms. The lowest BCUT2D eigenvalue weighted by Crippen LogP contribution is -2.12. The van der Waals surface area contributed by atoms with Gasteiger partial charge in [0, 0.05) is 40.7 Å². The maximum atomic E-state index is 6.19. The highest BCUT2D eigenvalue weighted by Gasteiger charge is 2.08. The van der Waals surface area contributed by atoms with E-state index < -0.39 is 0 Å². The molecule has 106 valence electrons. The second kappa shape index (κ2) is 6.70. The van der Waals surface area contributed by atoms with Gasteiger partial charge in [0.15, 0.2) is 0 Å². The van der Waals surface area contributed by atoms with Crippen LogP contribution in [0.2, 0.25) is 10.0 Å². The first-order chi connectivity index (χ1) is 9.49. The van der Waals surface area contributed by atoms with Crippen LogP contribution < -0.4 is 10.2 Å². The highest BCUT2D eigenvalue weighted by Crippen LogP contribution is 2.30. The molecule has 0 saturated heterocycles. The van der Waals surface area contributed by atoms with E-state index in [0.717, 1.165) is 21.4 Å². The van der Waals surface area contributed by atoms with Crippen LogP contribution in [0.5, 0.6) is 0 Å². The van der Waals surface area contributed by atoms with Gasteiger partial charge in [-0.2, -0.15) is 0 Å². The predicted octanol–water partition coefficient (Wildman–Crippen LogP) is 5.43. The lowest BCUT2D eigenvalue weighted by atomic mass is 10.2. The maximum Gasteiger partial charge on any atom is 0.0597 e. The topological polar surface area (TPSA) is 15.3 Å². The van der Waals surface area contributed by atoms with Crippen molar-refractivity contribution >= 4 is 50.5 Å². The van der Waals surface area contributed by atoms with Crippen molar-refractivity contribution in [1.82, 2.24) is 0 Å². The molecule has 0 amide bonds. The average molecular weight is 374 g/mol. The molecule has 2 aromatic carbocycles. The number of rotatable bonds is 4. The Morgan fingerprint density at radius 2 is 1.75 bits per heavy atom. The van der Waals surface area contributed by atoms with Gasteiger partial charge in [0.05, 0.1) is 11.4 Å². The van der Waals surface area contributed by atoms with Gasteiger partial charge in [0.25, 0.3) is 0 Å². The van der Waals surface area contributed by atoms with Crippen molar-refractivity contribution in [3.63, 3.8) is 0 Å². The van der Waals surface area contributed by atoms with Gasteiger partial charge in [-0.25, -0.2) is 0 Å². The molecule has 1 N–H and O–H groups in total. The molecule has 0 radical (unpaired) electrons. The summed E-state index contributed by atoms with van der Waals surface area (Å²) in [4.78, 5) is 2.06. The van der Waals surface area contributed by atoms with Crippen LogP contribution in [0, 0.1) is 0 Å². The largest absolute Gasteiger partial charge is 0.379 e. The van der Waals surface area contributed by atoms with E-state index in [9.17, 15) is 0 Å². The zero-order chi connectivity index (χ0) is 14.7. The summed E-state index contributed by atoms with van der Waals surface area (Å²) in [6.45, 7) is 0.579. The number of benzene rings is 2. The number of halogens is 3. The summed E-state index contributed by atoms with van der Waals surface area (Å²) in [7, 11) is 4.02. The predicted molar refractivity (Wildman–Crippen MR) is 92.3 cm³/mol. The molecule has 0 aliphatic heterocycles. The summed E-state index contributed by atoms with van der Waals surface area (Å²) >= 11 is 15.9. The van der Waals surface area contributed by atoms with Gasteiger partial charge in [-0.1, -0.05) is 45.2 Å². The first kappa shape index (κ1) is 15.5. The normalized spacial score (nSPS) is 10.4. The highest BCUT2D eigenvalue weighted by molar-refractivity contribution is 9.10. The summed E-state index contributed by atoms with van der Waals surface area (Å²) in [5.41, 5.74) is 3.04. The van der Waals surface area contributed by atoms with Crippen LogP contribution in [0.1, 0.15) is 5.56 Å². The highest BCUT2D eigenvalue weighted by atomic mass is 79.9. The van der Waals surface area contributed by atoms with E-state index in [0.29, 0.717) is 16.6 Å². The molecule has 2 aromatic rings. The van der Waals surface area contributed by atoms with Crippen LogP contribution in [-0.2, 0) is 6.54 Å². The molecule has 0 heterocycles. The Morgan fingerprint density at radius 3 is 2.35 bits per heavy atom. The fraction of sp³-hybridized carbons (Fsp3) is 0.200. The van der Waals surface area contributed by atoms with Gasteiger partial charge in [-0.15, -0.1) is 0 Å². The number of nitrogens with one attached hydrogen (secondary N) is 1. The number of nitrogens with zero attached hydrogens (tertiary/aromatic N) is 1. The quantitative estimate of drug-likeness (QED) is 0.768. The number of hydrogen-bond acceptors (Lipinski definition) is 2. The molecule has 2 nitrogen and oxygen atoms in total. The molecule has 0 spiro atoms. The Bertz CT molecular complexity index is 595. The third kappa shape index (κ3) is 3.60. The molecule has 0 aliphatic carbocycles. The summed E-state index contributed by atoms with van der Waals surface area (Å²) in [5.74, 6) is 0. The van der Waals surface area contributed by atoms with Crippen molar-refractivity contribution < 1.29 is 0 Å². The van der Waals surface area contributed by atoms with E-state index in [-0.39, 0.29) is 0 Å². The Balaban J connectivity index is 2.25. The van der Waals surface area contributed by atoms with Gasteiger partial charge < -0.3 is 10.2 Å². The molecule has 0 fully saturated rings. The van der Waals surface area contributed by atoms with Crippen LogP contribution in [0.25, 0.3) is 0 Å². The molecule has 2 rings (SSSR count). The summed E-state index contributed by atoms with van der Waals surface area (Å²) in [6.07, 6.45) is 0. The summed E-state index contributed by atoms with van der Waals surface area (Å²) in [6, 6.07) is 11.7. The Hall–Kier alpha value is -0.900. The van der Waals surface area contributed by atoms with Crippen molar-refractivity contribution in [2.75, 3.05) is 24.3 Å². The molecule has 0 aromatic heterocycles. The van der Waals surface area contributed by atoms with Crippen molar-refractivity contribution in [2.45, 2.75) is 6.54 Å². The first-order valence-corrected chi connectivity index (χ1v) is 7.67. The monoisotopic (exact) mass is 372 g/mol. The molecular formula is C15H15BrCl2N2. The first-order valence-electron chi connectivity index (χ1n) is 6.12.